The van der Waals surface area contributed by atoms with Crippen LogP contribution in [-0.4, -0.2) is 67.6 Å². The van der Waals surface area contributed by atoms with E-state index < -0.39 is 27.8 Å². The van der Waals surface area contributed by atoms with E-state index in [9.17, 15) is 22.0 Å². The van der Waals surface area contributed by atoms with Gasteiger partial charge in [0.05, 0.1) is 0 Å². The third kappa shape index (κ3) is 3.40. The standard InChI is InChI=1S/C16H21F2N3O3S/c1-19(2)25(23,24)20-8-11-3-5-13(10-20)21(9-11)16(22)12-4-6-14(17)15(18)7-12/h4,6-7,11,13H,3,5,8-10H2,1-2H3/t11-,13+/m0/s1. The maximum atomic E-state index is 13.4. The smallest absolute Gasteiger partial charge is 0.281 e. The van der Waals surface area contributed by atoms with Crippen molar-refractivity contribution < 1.29 is 22.0 Å². The van der Waals surface area contributed by atoms with Crippen LogP contribution in [0.25, 0.3) is 0 Å². The molecule has 0 radical (unpaired) electrons. The summed E-state index contributed by atoms with van der Waals surface area (Å²) < 4.78 is 54.0. The molecule has 2 atom stereocenters. The topological polar surface area (TPSA) is 60.9 Å². The van der Waals surface area contributed by atoms with Crippen molar-refractivity contribution >= 4 is 16.1 Å². The fraction of sp³-hybridized carbons (Fsp3) is 0.562. The van der Waals surface area contributed by atoms with Gasteiger partial charge in [-0.25, -0.2) is 8.78 Å². The molecule has 2 bridgehead atoms. The number of halogens is 2. The minimum atomic E-state index is -3.56. The number of hydrogen-bond acceptors (Lipinski definition) is 3. The van der Waals surface area contributed by atoms with Crippen molar-refractivity contribution in [3.63, 3.8) is 0 Å². The summed E-state index contributed by atoms with van der Waals surface area (Å²) in [5.74, 6) is -2.43. The normalized spacial score (nSPS) is 24.6. The van der Waals surface area contributed by atoms with Gasteiger partial charge in [0.25, 0.3) is 16.1 Å². The Morgan fingerprint density at radius 2 is 1.84 bits per heavy atom. The van der Waals surface area contributed by atoms with Crippen LogP contribution in [0.2, 0.25) is 0 Å². The lowest BCUT2D eigenvalue weighted by Gasteiger charge is -2.36. The lowest BCUT2D eigenvalue weighted by molar-refractivity contribution is 0.0588. The molecule has 9 heteroatoms. The molecule has 138 valence electrons. The maximum Gasteiger partial charge on any atom is 0.281 e. The number of piperidine rings is 1. The average Bonchev–Trinajstić information content (AvgIpc) is 2.89. The van der Waals surface area contributed by atoms with Crippen molar-refractivity contribution in [1.29, 1.82) is 0 Å². The van der Waals surface area contributed by atoms with Crippen LogP contribution >= 0.6 is 0 Å². The van der Waals surface area contributed by atoms with E-state index in [0.29, 0.717) is 19.5 Å². The SMILES string of the molecule is CN(C)S(=O)(=O)N1C[C@@H]2CC[C@H](C1)N(C(=O)c1ccc(F)c(F)c1)C2. The van der Waals surface area contributed by atoms with E-state index >= 15 is 0 Å². The van der Waals surface area contributed by atoms with E-state index in [-0.39, 0.29) is 24.1 Å². The molecule has 3 saturated heterocycles. The minimum Gasteiger partial charge on any atom is -0.334 e. The lowest BCUT2D eigenvalue weighted by Crippen LogP contribution is -2.48. The predicted molar refractivity (Wildman–Crippen MR) is 88.1 cm³/mol. The van der Waals surface area contributed by atoms with Gasteiger partial charge in [-0.1, -0.05) is 0 Å². The van der Waals surface area contributed by atoms with E-state index in [1.807, 2.05) is 0 Å². The Hall–Kier alpha value is -1.58. The molecule has 0 aromatic heterocycles. The zero-order valence-corrected chi connectivity index (χ0v) is 15.0. The lowest BCUT2D eigenvalue weighted by atomic mass is 9.94. The molecule has 3 heterocycles. The quantitative estimate of drug-likeness (QED) is 0.803. The highest BCUT2D eigenvalue weighted by atomic mass is 32.2. The van der Waals surface area contributed by atoms with E-state index in [0.717, 1.165) is 18.6 Å². The highest BCUT2D eigenvalue weighted by Crippen LogP contribution is 2.31. The third-order valence-electron chi connectivity index (χ3n) is 4.90. The first kappa shape index (κ1) is 18.2. The molecule has 6 nitrogen and oxygen atoms in total. The third-order valence-corrected chi connectivity index (χ3v) is 6.77. The first-order valence-electron chi connectivity index (χ1n) is 8.13. The Labute approximate surface area is 146 Å². The van der Waals surface area contributed by atoms with Crippen LogP contribution in [0.15, 0.2) is 18.2 Å². The van der Waals surface area contributed by atoms with Crippen molar-refractivity contribution in [3.05, 3.63) is 35.4 Å². The van der Waals surface area contributed by atoms with Crippen molar-refractivity contribution in [1.82, 2.24) is 13.5 Å². The zero-order valence-electron chi connectivity index (χ0n) is 14.2. The number of amides is 1. The zero-order chi connectivity index (χ0) is 18.4. The van der Waals surface area contributed by atoms with Gasteiger partial charge in [0.15, 0.2) is 11.6 Å². The van der Waals surface area contributed by atoms with Gasteiger partial charge in [0, 0.05) is 45.3 Å². The average molecular weight is 373 g/mol. The Morgan fingerprint density at radius 1 is 1.12 bits per heavy atom. The Balaban J connectivity index is 1.85. The molecule has 4 rings (SSSR count). The summed E-state index contributed by atoms with van der Waals surface area (Å²) in [5.41, 5.74) is 0.0773. The van der Waals surface area contributed by atoms with E-state index in [1.165, 1.54) is 28.8 Å². The molecule has 0 unspecified atom stereocenters. The monoisotopic (exact) mass is 373 g/mol. The number of benzene rings is 1. The van der Waals surface area contributed by atoms with Crippen LogP contribution in [0.3, 0.4) is 0 Å². The first-order chi connectivity index (χ1) is 11.7. The number of nitrogens with zero attached hydrogens (tertiary/aromatic N) is 3. The molecule has 25 heavy (non-hydrogen) atoms. The van der Waals surface area contributed by atoms with Crippen LogP contribution in [0.5, 0.6) is 0 Å². The maximum absolute atomic E-state index is 13.4. The largest absolute Gasteiger partial charge is 0.334 e. The molecule has 0 saturated carbocycles. The fourth-order valence-electron chi connectivity index (χ4n) is 3.50. The van der Waals surface area contributed by atoms with Crippen molar-refractivity contribution in [2.75, 3.05) is 33.7 Å². The van der Waals surface area contributed by atoms with Gasteiger partial charge in [0.2, 0.25) is 0 Å². The molecule has 0 aliphatic carbocycles. The second-order valence-corrected chi connectivity index (χ2v) is 8.93. The summed E-state index contributed by atoms with van der Waals surface area (Å²) in [6, 6.07) is 2.81. The van der Waals surface area contributed by atoms with Gasteiger partial charge in [-0.15, -0.1) is 0 Å². The summed E-state index contributed by atoms with van der Waals surface area (Å²) in [5, 5.41) is 0. The van der Waals surface area contributed by atoms with E-state index in [4.69, 9.17) is 0 Å². The number of fused-ring (bicyclic) bond motifs is 4. The van der Waals surface area contributed by atoms with Gasteiger partial charge in [-0.3, -0.25) is 4.79 Å². The number of hydrogen-bond donors (Lipinski definition) is 0. The number of carbonyl (C=O) groups is 1. The molecule has 3 fully saturated rings. The molecule has 1 aromatic rings. The molecule has 0 N–H and O–H groups in total. The first-order valence-corrected chi connectivity index (χ1v) is 9.53. The van der Waals surface area contributed by atoms with Crippen LogP contribution < -0.4 is 0 Å². The van der Waals surface area contributed by atoms with Crippen molar-refractivity contribution in [3.8, 4) is 0 Å². The van der Waals surface area contributed by atoms with Gasteiger partial charge < -0.3 is 4.90 Å². The van der Waals surface area contributed by atoms with Crippen molar-refractivity contribution in [2.45, 2.75) is 18.9 Å². The molecular weight excluding hydrogens is 352 g/mol. The van der Waals surface area contributed by atoms with E-state index in [2.05, 4.69) is 0 Å². The molecule has 1 amide bonds. The van der Waals surface area contributed by atoms with Crippen LogP contribution in [0.1, 0.15) is 23.2 Å². The fourth-order valence-corrected chi connectivity index (χ4v) is 4.72. The summed E-state index contributed by atoms with van der Waals surface area (Å²) in [6.07, 6.45) is 1.53. The Morgan fingerprint density at radius 3 is 2.48 bits per heavy atom. The van der Waals surface area contributed by atoms with Gasteiger partial charge in [-0.05, 0) is 37.0 Å². The van der Waals surface area contributed by atoms with Crippen LogP contribution in [-0.2, 0) is 10.2 Å². The Kier molecular flexibility index (Phi) is 4.82. The molecule has 3 aliphatic rings. The highest BCUT2D eigenvalue weighted by molar-refractivity contribution is 7.86. The highest BCUT2D eigenvalue weighted by Gasteiger charge is 2.41. The number of rotatable bonds is 3. The van der Waals surface area contributed by atoms with Crippen LogP contribution in [0, 0.1) is 17.6 Å². The molecule has 1 aromatic carbocycles. The minimum absolute atomic E-state index is 0.0303. The predicted octanol–water partition coefficient (Wildman–Crippen LogP) is 1.31. The van der Waals surface area contributed by atoms with Gasteiger partial charge >= 0.3 is 0 Å². The molecule has 0 spiro atoms. The number of carbonyl (C=O) groups excluding carboxylic acids is 1. The summed E-state index contributed by atoms with van der Waals surface area (Å²) >= 11 is 0. The van der Waals surface area contributed by atoms with Gasteiger partial charge in [-0.2, -0.15) is 17.0 Å². The Bertz CT molecular complexity index is 785. The summed E-state index contributed by atoms with van der Waals surface area (Å²) in [4.78, 5) is 14.4. The van der Waals surface area contributed by atoms with Gasteiger partial charge in [0.1, 0.15) is 0 Å². The van der Waals surface area contributed by atoms with Crippen LogP contribution in [0.4, 0.5) is 8.78 Å². The summed E-state index contributed by atoms with van der Waals surface area (Å²) in [6.45, 7) is 0.993. The molecular formula is C16H21F2N3O3S. The molecule has 3 aliphatic heterocycles. The van der Waals surface area contributed by atoms with E-state index in [1.54, 1.807) is 4.90 Å². The summed E-state index contributed by atoms with van der Waals surface area (Å²) in [7, 11) is -0.599. The van der Waals surface area contributed by atoms with Crippen molar-refractivity contribution in [2.24, 2.45) is 5.92 Å². The second-order valence-electron chi connectivity index (χ2n) is 6.79. The second kappa shape index (κ2) is 6.62.